The van der Waals surface area contributed by atoms with Crippen LogP contribution in [0.3, 0.4) is 0 Å². The number of rotatable bonds is 9. The van der Waals surface area contributed by atoms with Crippen molar-refractivity contribution in [3.05, 3.63) is 0 Å². The van der Waals surface area contributed by atoms with Crippen LogP contribution in [0.2, 0.25) is 0 Å². The van der Waals surface area contributed by atoms with Crippen molar-refractivity contribution in [1.82, 2.24) is 5.32 Å². The molecule has 0 aliphatic rings. The molecule has 0 spiro atoms. The maximum absolute atomic E-state index is 9.32. The lowest BCUT2D eigenvalue weighted by molar-refractivity contribution is 0.195. The van der Waals surface area contributed by atoms with E-state index in [1.54, 1.807) is 0 Å². The molecule has 0 aromatic heterocycles. The van der Waals surface area contributed by atoms with E-state index in [0.717, 1.165) is 18.1 Å². The summed E-state index contributed by atoms with van der Waals surface area (Å²) in [4.78, 5) is 0. The molecule has 0 aromatic rings. The summed E-state index contributed by atoms with van der Waals surface area (Å²) in [6.45, 7) is 11.3. The van der Waals surface area contributed by atoms with Crippen molar-refractivity contribution in [3.8, 4) is 0 Å². The molecule has 2 nitrogen and oxygen atoms in total. The molecule has 0 heterocycles. The summed E-state index contributed by atoms with van der Waals surface area (Å²) in [5, 5.41) is 12.8. The van der Waals surface area contributed by atoms with Crippen molar-refractivity contribution < 1.29 is 5.11 Å². The van der Waals surface area contributed by atoms with Gasteiger partial charge in [0.15, 0.2) is 0 Å². The minimum atomic E-state index is 0.244. The lowest BCUT2D eigenvalue weighted by Gasteiger charge is -2.26. The third-order valence-electron chi connectivity index (χ3n) is 2.85. The molecule has 0 rings (SSSR count). The summed E-state index contributed by atoms with van der Waals surface area (Å²) in [5.74, 6) is 3.66. The van der Waals surface area contributed by atoms with Gasteiger partial charge in [0.1, 0.15) is 0 Å². The van der Waals surface area contributed by atoms with Gasteiger partial charge in [0.25, 0.3) is 0 Å². The highest BCUT2D eigenvalue weighted by Crippen LogP contribution is 2.12. The zero-order chi connectivity index (χ0) is 12.6. The van der Waals surface area contributed by atoms with Gasteiger partial charge in [0, 0.05) is 17.8 Å². The molecule has 0 saturated heterocycles. The number of aliphatic hydroxyl groups is 1. The third kappa shape index (κ3) is 7.53. The lowest BCUT2D eigenvalue weighted by atomic mass is 9.99. The van der Waals surface area contributed by atoms with Crippen molar-refractivity contribution in [1.29, 1.82) is 0 Å². The topological polar surface area (TPSA) is 32.3 Å². The largest absolute Gasteiger partial charge is 0.395 e. The van der Waals surface area contributed by atoms with E-state index in [9.17, 15) is 5.11 Å². The van der Waals surface area contributed by atoms with Crippen LogP contribution in [-0.2, 0) is 0 Å². The molecule has 0 radical (unpaired) electrons. The zero-order valence-corrected chi connectivity index (χ0v) is 12.3. The second kappa shape index (κ2) is 9.32. The Morgan fingerprint density at radius 1 is 1.12 bits per heavy atom. The van der Waals surface area contributed by atoms with Crippen LogP contribution in [0.1, 0.15) is 41.0 Å². The fraction of sp³-hybridized carbons (Fsp3) is 1.00. The van der Waals surface area contributed by atoms with Crippen LogP contribution in [0, 0.1) is 11.8 Å². The molecular formula is C13H29NOS. The Labute approximate surface area is 106 Å². The van der Waals surface area contributed by atoms with Gasteiger partial charge in [-0.1, -0.05) is 34.1 Å². The van der Waals surface area contributed by atoms with Gasteiger partial charge in [-0.15, -0.1) is 0 Å². The zero-order valence-electron chi connectivity index (χ0n) is 11.5. The normalized spacial score (nSPS) is 17.4. The van der Waals surface area contributed by atoms with Crippen LogP contribution in [0.4, 0.5) is 0 Å². The Kier molecular flexibility index (Phi) is 9.47. The molecule has 0 amide bonds. The van der Waals surface area contributed by atoms with Gasteiger partial charge in [-0.2, -0.15) is 11.8 Å². The quantitative estimate of drug-likeness (QED) is 0.657. The average molecular weight is 247 g/mol. The molecule has 3 unspecified atom stereocenters. The number of thioether (sulfide) groups is 1. The Bertz CT molecular complexity index is 164. The fourth-order valence-corrected chi connectivity index (χ4v) is 2.63. The Morgan fingerprint density at radius 3 is 2.19 bits per heavy atom. The van der Waals surface area contributed by atoms with Gasteiger partial charge >= 0.3 is 0 Å². The van der Waals surface area contributed by atoms with E-state index in [2.05, 4.69) is 39.9 Å². The standard InChI is InChI=1S/C13H29NOS/c1-6-11(4)13(7-15)14-12(5)9-16-8-10(2)3/h10-15H,6-9H2,1-5H3. The van der Waals surface area contributed by atoms with Crippen molar-refractivity contribution in [2.75, 3.05) is 18.1 Å². The van der Waals surface area contributed by atoms with E-state index in [1.165, 1.54) is 5.75 Å². The van der Waals surface area contributed by atoms with Crippen LogP contribution in [0.25, 0.3) is 0 Å². The van der Waals surface area contributed by atoms with E-state index in [0.29, 0.717) is 12.0 Å². The van der Waals surface area contributed by atoms with E-state index >= 15 is 0 Å². The van der Waals surface area contributed by atoms with Gasteiger partial charge in [0.2, 0.25) is 0 Å². The summed E-state index contributed by atoms with van der Waals surface area (Å²) >= 11 is 2.00. The molecule has 3 heteroatoms. The van der Waals surface area contributed by atoms with E-state index in [4.69, 9.17) is 0 Å². The smallest absolute Gasteiger partial charge is 0.0587 e. The van der Waals surface area contributed by atoms with Crippen LogP contribution < -0.4 is 5.32 Å². The van der Waals surface area contributed by atoms with Gasteiger partial charge < -0.3 is 10.4 Å². The highest BCUT2D eigenvalue weighted by Gasteiger charge is 2.16. The summed E-state index contributed by atoms with van der Waals surface area (Å²) in [5.41, 5.74) is 0. The SMILES string of the molecule is CCC(C)C(CO)NC(C)CSCC(C)C. The molecule has 3 atom stereocenters. The third-order valence-corrected chi connectivity index (χ3v) is 4.48. The summed E-state index contributed by atoms with van der Waals surface area (Å²) in [6.07, 6.45) is 1.12. The second-order valence-electron chi connectivity index (χ2n) is 5.17. The van der Waals surface area contributed by atoms with Gasteiger partial charge in [-0.05, 0) is 24.5 Å². The first kappa shape index (κ1) is 16.3. The molecule has 0 saturated carbocycles. The molecule has 0 aliphatic carbocycles. The minimum Gasteiger partial charge on any atom is -0.395 e. The van der Waals surface area contributed by atoms with Crippen LogP contribution in [0.5, 0.6) is 0 Å². The minimum absolute atomic E-state index is 0.244. The molecule has 0 bridgehead atoms. The highest BCUT2D eigenvalue weighted by molar-refractivity contribution is 7.99. The maximum atomic E-state index is 9.32. The monoisotopic (exact) mass is 247 g/mol. The number of aliphatic hydroxyl groups excluding tert-OH is 1. The van der Waals surface area contributed by atoms with E-state index < -0.39 is 0 Å². The molecular weight excluding hydrogens is 218 g/mol. The fourth-order valence-electron chi connectivity index (χ4n) is 1.58. The van der Waals surface area contributed by atoms with Crippen molar-refractivity contribution in [3.63, 3.8) is 0 Å². The van der Waals surface area contributed by atoms with E-state index in [1.807, 2.05) is 11.8 Å². The first-order chi connectivity index (χ1) is 7.51. The van der Waals surface area contributed by atoms with Crippen LogP contribution in [0.15, 0.2) is 0 Å². The predicted octanol–water partition coefficient (Wildman–Crippen LogP) is 2.76. The summed E-state index contributed by atoms with van der Waals surface area (Å²) < 4.78 is 0. The Morgan fingerprint density at radius 2 is 1.75 bits per heavy atom. The second-order valence-corrected chi connectivity index (χ2v) is 6.25. The summed E-state index contributed by atoms with van der Waals surface area (Å²) in [6, 6.07) is 0.731. The van der Waals surface area contributed by atoms with Gasteiger partial charge in [-0.3, -0.25) is 0 Å². The van der Waals surface area contributed by atoms with Crippen LogP contribution >= 0.6 is 11.8 Å². The number of hydrogen-bond acceptors (Lipinski definition) is 3. The first-order valence-corrected chi connectivity index (χ1v) is 7.61. The predicted molar refractivity (Wildman–Crippen MR) is 75.1 cm³/mol. The van der Waals surface area contributed by atoms with Crippen molar-refractivity contribution >= 4 is 11.8 Å². The van der Waals surface area contributed by atoms with Crippen molar-refractivity contribution in [2.24, 2.45) is 11.8 Å². The van der Waals surface area contributed by atoms with E-state index in [-0.39, 0.29) is 12.6 Å². The van der Waals surface area contributed by atoms with Crippen molar-refractivity contribution in [2.45, 2.75) is 53.1 Å². The average Bonchev–Trinajstić information content (AvgIpc) is 2.24. The molecule has 0 fully saturated rings. The molecule has 0 aromatic carbocycles. The Hall–Kier alpha value is 0.270. The molecule has 16 heavy (non-hydrogen) atoms. The summed E-state index contributed by atoms with van der Waals surface area (Å²) in [7, 11) is 0. The van der Waals surface area contributed by atoms with Crippen LogP contribution in [-0.4, -0.2) is 35.3 Å². The molecule has 0 aliphatic heterocycles. The number of hydrogen-bond donors (Lipinski definition) is 2. The highest BCUT2D eigenvalue weighted by atomic mass is 32.2. The number of nitrogens with one attached hydrogen (secondary N) is 1. The molecule has 98 valence electrons. The molecule has 2 N–H and O–H groups in total. The first-order valence-electron chi connectivity index (χ1n) is 6.45. The van der Waals surface area contributed by atoms with Gasteiger partial charge in [-0.25, -0.2) is 0 Å². The maximum Gasteiger partial charge on any atom is 0.0587 e. The lowest BCUT2D eigenvalue weighted by Crippen LogP contribution is -2.44. The Balaban J connectivity index is 3.78. The van der Waals surface area contributed by atoms with Gasteiger partial charge in [0.05, 0.1) is 6.61 Å².